The number of ether oxygens (including phenoxy) is 3. The normalized spacial score (nSPS) is 9.89. The zero-order valence-electron chi connectivity index (χ0n) is 10.2. The number of rotatable bonds is 4. The number of aromatic nitrogens is 1. The third kappa shape index (κ3) is 2.63. The van der Waals surface area contributed by atoms with Crippen molar-refractivity contribution in [1.82, 2.24) is 4.98 Å². The molecule has 0 fully saturated rings. The van der Waals surface area contributed by atoms with Crippen molar-refractivity contribution in [3.63, 3.8) is 0 Å². The average molecular weight is 246 g/mol. The molecular formula is C13H14N2O3. The van der Waals surface area contributed by atoms with E-state index in [2.05, 4.69) is 4.98 Å². The van der Waals surface area contributed by atoms with E-state index in [0.717, 1.165) is 0 Å². The highest BCUT2D eigenvalue weighted by Crippen LogP contribution is 2.29. The standard InChI is InChI=1S/C13H14N2O3/c1-16-9-4-3-5-10(8-9)18-13-11(14)6-7-12(15-13)17-2/h3-8H,14H2,1-2H3. The highest BCUT2D eigenvalue weighted by Gasteiger charge is 2.06. The van der Waals surface area contributed by atoms with E-state index in [1.165, 1.54) is 7.11 Å². The van der Waals surface area contributed by atoms with Crippen molar-refractivity contribution in [3.8, 4) is 23.3 Å². The maximum absolute atomic E-state index is 5.79. The van der Waals surface area contributed by atoms with Crippen LogP contribution >= 0.6 is 0 Å². The molecule has 18 heavy (non-hydrogen) atoms. The predicted molar refractivity (Wildman–Crippen MR) is 68.3 cm³/mol. The Kier molecular flexibility index (Phi) is 3.52. The van der Waals surface area contributed by atoms with Crippen LogP contribution in [0.3, 0.4) is 0 Å². The van der Waals surface area contributed by atoms with Crippen LogP contribution < -0.4 is 19.9 Å². The molecule has 0 spiro atoms. The van der Waals surface area contributed by atoms with Crippen LogP contribution in [0.25, 0.3) is 0 Å². The minimum atomic E-state index is 0.308. The summed E-state index contributed by atoms with van der Waals surface area (Å²) in [5.41, 5.74) is 6.23. The molecule has 2 rings (SSSR count). The van der Waals surface area contributed by atoms with Crippen molar-refractivity contribution in [2.45, 2.75) is 0 Å². The van der Waals surface area contributed by atoms with Gasteiger partial charge in [0.05, 0.1) is 19.9 Å². The number of nitrogens with two attached hydrogens (primary N) is 1. The monoisotopic (exact) mass is 246 g/mol. The molecular weight excluding hydrogens is 232 g/mol. The molecule has 1 aromatic carbocycles. The number of methoxy groups -OCH3 is 2. The van der Waals surface area contributed by atoms with Crippen LogP contribution in [-0.2, 0) is 0 Å². The molecule has 0 saturated carbocycles. The maximum atomic E-state index is 5.79. The lowest BCUT2D eigenvalue weighted by atomic mass is 10.3. The Morgan fingerprint density at radius 1 is 1.00 bits per heavy atom. The van der Waals surface area contributed by atoms with E-state index < -0.39 is 0 Å². The fourth-order valence-corrected chi connectivity index (χ4v) is 1.41. The van der Waals surface area contributed by atoms with E-state index in [0.29, 0.717) is 28.9 Å². The van der Waals surface area contributed by atoms with Gasteiger partial charge in [0.15, 0.2) is 0 Å². The number of hydrogen-bond acceptors (Lipinski definition) is 5. The summed E-state index contributed by atoms with van der Waals surface area (Å²) in [5, 5.41) is 0. The van der Waals surface area contributed by atoms with Gasteiger partial charge in [-0.2, -0.15) is 4.98 Å². The number of hydrogen-bond donors (Lipinski definition) is 1. The van der Waals surface area contributed by atoms with Crippen LogP contribution in [0.4, 0.5) is 5.69 Å². The number of nitrogens with zero attached hydrogens (tertiary/aromatic N) is 1. The van der Waals surface area contributed by atoms with Crippen molar-refractivity contribution in [2.24, 2.45) is 0 Å². The molecule has 2 aromatic rings. The molecule has 0 aliphatic heterocycles. The molecule has 0 unspecified atom stereocenters. The van der Waals surface area contributed by atoms with Crippen molar-refractivity contribution < 1.29 is 14.2 Å². The molecule has 2 N–H and O–H groups in total. The summed E-state index contributed by atoms with van der Waals surface area (Å²) in [6.07, 6.45) is 0. The van der Waals surface area contributed by atoms with Gasteiger partial charge < -0.3 is 19.9 Å². The van der Waals surface area contributed by atoms with Crippen LogP contribution in [0.5, 0.6) is 23.3 Å². The first-order chi connectivity index (χ1) is 8.72. The van der Waals surface area contributed by atoms with Gasteiger partial charge in [-0.25, -0.2) is 0 Å². The van der Waals surface area contributed by atoms with Gasteiger partial charge in [-0.3, -0.25) is 0 Å². The predicted octanol–water partition coefficient (Wildman–Crippen LogP) is 2.47. The maximum Gasteiger partial charge on any atom is 0.246 e. The zero-order chi connectivity index (χ0) is 13.0. The molecule has 0 aliphatic carbocycles. The fraction of sp³-hybridized carbons (Fsp3) is 0.154. The second-order valence-electron chi connectivity index (χ2n) is 3.53. The molecule has 0 radical (unpaired) electrons. The summed E-state index contributed by atoms with van der Waals surface area (Å²) in [7, 11) is 3.13. The Hall–Kier alpha value is -2.43. The van der Waals surface area contributed by atoms with E-state index >= 15 is 0 Å². The minimum Gasteiger partial charge on any atom is -0.497 e. The van der Waals surface area contributed by atoms with E-state index in [4.69, 9.17) is 19.9 Å². The fourth-order valence-electron chi connectivity index (χ4n) is 1.41. The largest absolute Gasteiger partial charge is 0.497 e. The minimum absolute atomic E-state index is 0.308. The lowest BCUT2D eigenvalue weighted by molar-refractivity contribution is 0.382. The van der Waals surface area contributed by atoms with Gasteiger partial charge in [0.2, 0.25) is 11.8 Å². The number of anilines is 1. The van der Waals surface area contributed by atoms with E-state index in [1.54, 1.807) is 31.4 Å². The molecule has 5 heteroatoms. The Bertz CT molecular complexity index is 544. The summed E-state index contributed by atoms with van der Waals surface area (Å²) in [5.74, 6) is 2.06. The molecule has 5 nitrogen and oxygen atoms in total. The van der Waals surface area contributed by atoms with E-state index in [9.17, 15) is 0 Å². The van der Waals surface area contributed by atoms with Crippen molar-refractivity contribution in [1.29, 1.82) is 0 Å². The molecule has 1 aromatic heterocycles. The van der Waals surface area contributed by atoms with Gasteiger partial charge in [0.25, 0.3) is 0 Å². The summed E-state index contributed by atoms with van der Waals surface area (Å²) < 4.78 is 15.7. The van der Waals surface area contributed by atoms with Gasteiger partial charge in [-0.05, 0) is 18.2 Å². The zero-order valence-corrected chi connectivity index (χ0v) is 10.2. The Morgan fingerprint density at radius 2 is 1.78 bits per heavy atom. The second kappa shape index (κ2) is 5.27. The third-order valence-electron chi connectivity index (χ3n) is 2.33. The van der Waals surface area contributed by atoms with Crippen LogP contribution in [0, 0.1) is 0 Å². The summed E-state index contributed by atoms with van der Waals surface area (Å²) in [6.45, 7) is 0. The van der Waals surface area contributed by atoms with E-state index in [1.807, 2.05) is 12.1 Å². The highest BCUT2D eigenvalue weighted by atomic mass is 16.5. The number of nitrogen functional groups attached to an aromatic ring is 1. The topological polar surface area (TPSA) is 66.6 Å². The molecule has 0 bridgehead atoms. The number of benzene rings is 1. The summed E-state index contributed by atoms with van der Waals surface area (Å²) in [6, 6.07) is 10.6. The van der Waals surface area contributed by atoms with Crippen LogP contribution in [0.15, 0.2) is 36.4 Å². The molecule has 94 valence electrons. The highest BCUT2D eigenvalue weighted by molar-refractivity contribution is 5.51. The van der Waals surface area contributed by atoms with Crippen LogP contribution in [-0.4, -0.2) is 19.2 Å². The Balaban J connectivity index is 2.27. The molecule has 1 heterocycles. The number of pyridine rings is 1. The lowest BCUT2D eigenvalue weighted by Gasteiger charge is -2.09. The third-order valence-corrected chi connectivity index (χ3v) is 2.33. The van der Waals surface area contributed by atoms with Gasteiger partial charge in [0, 0.05) is 12.1 Å². The first-order valence-corrected chi connectivity index (χ1v) is 5.35. The van der Waals surface area contributed by atoms with Crippen molar-refractivity contribution in [2.75, 3.05) is 20.0 Å². The Morgan fingerprint density at radius 3 is 2.50 bits per heavy atom. The van der Waals surface area contributed by atoms with Crippen molar-refractivity contribution >= 4 is 5.69 Å². The molecule has 0 saturated heterocycles. The molecule has 0 amide bonds. The smallest absolute Gasteiger partial charge is 0.246 e. The molecule has 0 atom stereocenters. The quantitative estimate of drug-likeness (QED) is 0.897. The van der Waals surface area contributed by atoms with E-state index in [-0.39, 0.29) is 0 Å². The van der Waals surface area contributed by atoms with Gasteiger partial charge in [0.1, 0.15) is 11.5 Å². The lowest BCUT2D eigenvalue weighted by Crippen LogP contribution is -1.97. The molecule has 0 aliphatic rings. The van der Waals surface area contributed by atoms with Gasteiger partial charge >= 0.3 is 0 Å². The summed E-state index contributed by atoms with van der Waals surface area (Å²) in [4.78, 5) is 4.13. The SMILES string of the molecule is COc1cccc(Oc2nc(OC)ccc2N)c1. The van der Waals surface area contributed by atoms with Gasteiger partial charge in [-0.1, -0.05) is 6.07 Å². The van der Waals surface area contributed by atoms with Crippen LogP contribution in [0.1, 0.15) is 0 Å². The van der Waals surface area contributed by atoms with Crippen LogP contribution in [0.2, 0.25) is 0 Å². The second-order valence-corrected chi connectivity index (χ2v) is 3.53. The first kappa shape index (κ1) is 12.0. The Labute approximate surface area is 105 Å². The van der Waals surface area contributed by atoms with Gasteiger partial charge in [-0.15, -0.1) is 0 Å². The average Bonchev–Trinajstić information content (AvgIpc) is 2.41. The first-order valence-electron chi connectivity index (χ1n) is 5.35. The van der Waals surface area contributed by atoms with Crippen molar-refractivity contribution in [3.05, 3.63) is 36.4 Å². The summed E-state index contributed by atoms with van der Waals surface area (Å²) >= 11 is 0.